The van der Waals surface area contributed by atoms with Gasteiger partial charge in [-0.15, -0.1) is 10.2 Å². The van der Waals surface area contributed by atoms with E-state index in [1.54, 1.807) is 26.2 Å². The molecule has 2 heterocycles. The average molecular weight is 503 g/mol. The monoisotopic (exact) mass is 502 g/mol. The Morgan fingerprint density at radius 3 is 2.51 bits per heavy atom. The molecule has 0 spiro atoms. The molecule has 9 nitrogen and oxygen atoms in total. The summed E-state index contributed by atoms with van der Waals surface area (Å²) in [4.78, 5) is 16.6. The average Bonchev–Trinajstić information content (AvgIpc) is 3.31. The predicted molar refractivity (Wildman–Crippen MR) is 138 cm³/mol. The van der Waals surface area contributed by atoms with Gasteiger partial charge in [0, 0.05) is 19.6 Å². The van der Waals surface area contributed by atoms with Gasteiger partial charge in [-0.25, -0.2) is 9.78 Å². The van der Waals surface area contributed by atoms with Crippen molar-refractivity contribution in [2.45, 2.75) is 57.8 Å². The zero-order chi connectivity index (χ0) is 25.9. The number of aromatic nitrogens is 4. The standard InChI is InChI=1S/C28H30N4O5/c1-17(36-2)37-27-23-24(26(33)30-31-27)32(25(29-23)20-8-4-3-5-9-20)16-18-12-14-19(15-13-18)21-10-6-7-11-22(21)28(34)35/h6-7,10-15,17,20H,3-5,8-9,16H2,1-2H3,(H,30,33)(H,34,35). The minimum Gasteiger partial charge on any atom is -0.491 e. The van der Waals surface area contributed by atoms with E-state index in [-0.39, 0.29) is 23.2 Å². The van der Waals surface area contributed by atoms with Gasteiger partial charge in [0.15, 0.2) is 11.8 Å². The summed E-state index contributed by atoms with van der Waals surface area (Å²) in [5, 5.41) is 28.3. The van der Waals surface area contributed by atoms with Gasteiger partial charge in [0.05, 0.1) is 5.56 Å². The van der Waals surface area contributed by atoms with Gasteiger partial charge < -0.3 is 24.3 Å². The van der Waals surface area contributed by atoms with E-state index in [1.807, 2.05) is 41.0 Å². The van der Waals surface area contributed by atoms with E-state index < -0.39 is 12.3 Å². The Kier molecular flexibility index (Phi) is 7.05. The highest BCUT2D eigenvalue weighted by Crippen LogP contribution is 2.38. The molecule has 1 saturated carbocycles. The maximum atomic E-state index is 11.7. The molecule has 1 unspecified atom stereocenters. The number of carboxylic acid groups (broad SMARTS) is 1. The summed E-state index contributed by atoms with van der Waals surface area (Å²) in [6.07, 6.45) is 4.99. The van der Waals surface area contributed by atoms with Gasteiger partial charge >= 0.3 is 5.97 Å². The van der Waals surface area contributed by atoms with Gasteiger partial charge in [-0.2, -0.15) is 0 Å². The third-order valence-electron chi connectivity index (χ3n) is 6.99. The van der Waals surface area contributed by atoms with E-state index in [0.717, 1.165) is 42.6 Å². The molecule has 0 bridgehead atoms. The van der Waals surface area contributed by atoms with Gasteiger partial charge in [0.2, 0.25) is 0 Å². The minimum atomic E-state index is -0.959. The number of benzene rings is 2. The molecule has 1 atom stereocenters. The van der Waals surface area contributed by atoms with Gasteiger partial charge in [-0.05, 0) is 42.5 Å². The molecule has 1 aliphatic carbocycles. The smallest absolute Gasteiger partial charge is 0.336 e. The van der Waals surface area contributed by atoms with Crippen molar-refractivity contribution in [1.29, 1.82) is 0 Å². The summed E-state index contributed by atoms with van der Waals surface area (Å²) in [5.74, 6) is 0.205. The zero-order valence-electron chi connectivity index (χ0n) is 20.9. The van der Waals surface area contributed by atoms with E-state index in [4.69, 9.17) is 14.5 Å². The van der Waals surface area contributed by atoms with E-state index in [2.05, 4.69) is 10.2 Å². The molecule has 0 aliphatic heterocycles. The van der Waals surface area contributed by atoms with Crippen LogP contribution in [0.25, 0.3) is 22.2 Å². The van der Waals surface area contributed by atoms with Gasteiger partial charge in [-0.3, -0.25) is 0 Å². The van der Waals surface area contributed by atoms with E-state index >= 15 is 0 Å². The van der Waals surface area contributed by atoms with Crippen LogP contribution in [0, 0.1) is 0 Å². The first-order valence-corrected chi connectivity index (χ1v) is 12.5. The number of methoxy groups -OCH3 is 1. The molecule has 1 aliphatic rings. The molecule has 0 radical (unpaired) electrons. The fourth-order valence-corrected chi connectivity index (χ4v) is 5.04. The lowest BCUT2D eigenvalue weighted by Crippen LogP contribution is -2.15. The van der Waals surface area contributed by atoms with Crippen molar-refractivity contribution in [2.24, 2.45) is 0 Å². The maximum Gasteiger partial charge on any atom is 0.336 e. The molecular formula is C28H30N4O5. The van der Waals surface area contributed by atoms with Gasteiger partial charge in [0.1, 0.15) is 11.3 Å². The highest BCUT2D eigenvalue weighted by Gasteiger charge is 2.27. The van der Waals surface area contributed by atoms with Crippen LogP contribution in [0.4, 0.5) is 0 Å². The van der Waals surface area contributed by atoms with E-state index in [1.165, 1.54) is 6.42 Å². The number of hydrogen-bond acceptors (Lipinski definition) is 7. The summed E-state index contributed by atoms with van der Waals surface area (Å²) in [6.45, 7) is 2.21. The summed E-state index contributed by atoms with van der Waals surface area (Å²) < 4.78 is 13.0. The fraction of sp³-hybridized carbons (Fsp3) is 0.357. The van der Waals surface area contributed by atoms with E-state index in [0.29, 0.717) is 23.1 Å². The summed E-state index contributed by atoms with van der Waals surface area (Å²) >= 11 is 0. The second kappa shape index (κ2) is 10.6. The van der Waals surface area contributed by atoms with Crippen LogP contribution < -0.4 is 4.74 Å². The second-order valence-electron chi connectivity index (χ2n) is 9.39. The minimum absolute atomic E-state index is 0.200. The lowest BCUT2D eigenvalue weighted by molar-refractivity contribution is -0.0406. The lowest BCUT2D eigenvalue weighted by Gasteiger charge is -2.22. The Balaban J connectivity index is 1.55. The third-order valence-corrected chi connectivity index (χ3v) is 6.99. The van der Waals surface area contributed by atoms with Crippen LogP contribution in [0.2, 0.25) is 0 Å². The van der Waals surface area contributed by atoms with Crippen molar-refractivity contribution in [3.8, 4) is 22.9 Å². The fourth-order valence-electron chi connectivity index (χ4n) is 5.04. The van der Waals surface area contributed by atoms with Gasteiger partial charge in [-0.1, -0.05) is 61.7 Å². The number of carboxylic acids is 1. The van der Waals surface area contributed by atoms with Crippen LogP contribution in [0.3, 0.4) is 0 Å². The van der Waals surface area contributed by atoms with Gasteiger partial charge in [0.25, 0.3) is 11.8 Å². The molecule has 192 valence electrons. The molecule has 0 amide bonds. The van der Waals surface area contributed by atoms with Crippen molar-refractivity contribution in [3.63, 3.8) is 0 Å². The number of aromatic carboxylic acids is 1. The maximum absolute atomic E-state index is 11.7. The van der Waals surface area contributed by atoms with Crippen LogP contribution in [-0.2, 0) is 11.3 Å². The van der Waals surface area contributed by atoms with Crippen LogP contribution in [-0.4, -0.2) is 49.3 Å². The van der Waals surface area contributed by atoms with Crippen LogP contribution in [0.1, 0.15) is 66.7 Å². The highest BCUT2D eigenvalue weighted by atomic mass is 16.7. The molecule has 5 rings (SSSR count). The lowest BCUT2D eigenvalue weighted by atomic mass is 9.88. The number of carbonyl (C=O) groups is 1. The summed E-state index contributed by atoms with van der Waals surface area (Å²) in [6, 6.07) is 14.8. The quantitative estimate of drug-likeness (QED) is 0.309. The molecule has 0 saturated heterocycles. The Labute approximate surface area is 214 Å². The Bertz CT molecular complexity index is 1410. The molecule has 4 aromatic rings. The van der Waals surface area contributed by atoms with Crippen molar-refractivity contribution in [2.75, 3.05) is 7.11 Å². The third kappa shape index (κ3) is 4.99. The van der Waals surface area contributed by atoms with Crippen LogP contribution in [0.15, 0.2) is 48.5 Å². The number of ether oxygens (including phenoxy) is 2. The molecular weight excluding hydrogens is 472 g/mol. The number of nitrogens with zero attached hydrogens (tertiary/aromatic N) is 4. The topological polar surface area (TPSA) is 120 Å². The molecule has 1 fully saturated rings. The number of rotatable bonds is 8. The first kappa shape index (κ1) is 24.7. The Morgan fingerprint density at radius 1 is 1.08 bits per heavy atom. The normalized spacial score (nSPS) is 15.1. The van der Waals surface area contributed by atoms with Crippen molar-refractivity contribution < 1.29 is 24.5 Å². The van der Waals surface area contributed by atoms with Crippen LogP contribution in [0.5, 0.6) is 11.8 Å². The molecule has 9 heteroatoms. The Hall–Kier alpha value is -3.98. The number of hydrogen-bond donors (Lipinski definition) is 2. The molecule has 2 N–H and O–H groups in total. The largest absolute Gasteiger partial charge is 0.491 e. The second-order valence-corrected chi connectivity index (χ2v) is 9.39. The van der Waals surface area contributed by atoms with Crippen molar-refractivity contribution in [3.05, 3.63) is 65.5 Å². The first-order valence-electron chi connectivity index (χ1n) is 12.5. The molecule has 2 aromatic carbocycles. The summed E-state index contributed by atoms with van der Waals surface area (Å²) in [5.41, 5.74) is 3.67. The number of fused-ring (bicyclic) bond motifs is 1. The molecule has 2 aromatic heterocycles. The molecule has 37 heavy (non-hydrogen) atoms. The van der Waals surface area contributed by atoms with Crippen molar-refractivity contribution >= 4 is 17.0 Å². The van der Waals surface area contributed by atoms with E-state index in [9.17, 15) is 15.0 Å². The van der Waals surface area contributed by atoms with Crippen molar-refractivity contribution in [1.82, 2.24) is 19.7 Å². The highest BCUT2D eigenvalue weighted by molar-refractivity contribution is 5.96. The Morgan fingerprint density at radius 2 is 1.81 bits per heavy atom. The predicted octanol–water partition coefficient (Wildman–Crippen LogP) is 5.36. The summed E-state index contributed by atoms with van der Waals surface area (Å²) in [7, 11) is 1.54. The first-order chi connectivity index (χ1) is 18.0. The SMILES string of the molecule is COC(C)Oc1nnc(O)c2c1nc(C1CCCCC1)n2Cc1ccc(-c2ccccc2C(=O)O)cc1. The zero-order valence-corrected chi connectivity index (χ0v) is 20.9. The van der Waals surface area contributed by atoms with Crippen LogP contribution >= 0.6 is 0 Å². The number of imidazole rings is 1. The number of aromatic hydroxyl groups is 1.